The lowest BCUT2D eigenvalue weighted by molar-refractivity contribution is 0.0535. The van der Waals surface area contributed by atoms with Crippen LogP contribution in [0.2, 0.25) is 5.02 Å². The Morgan fingerprint density at radius 1 is 1.41 bits per heavy atom. The standard InChI is InChI=1S/C17H18ClN7O2/c1-2-5-25-9-11(18)14(23-25)17(27)24-7-10(8-24)21-16(26)13-6-20-15-12(22-13)3-4-19-15/h3-4,6,9-10H,2,5,7-8H2,1H3,(H,19,20)(H,21,26). The number of likely N-dealkylation sites (tertiary alicyclic amines) is 1. The van der Waals surface area contributed by atoms with E-state index in [1.165, 1.54) is 6.20 Å². The highest BCUT2D eigenvalue weighted by atomic mass is 35.5. The second kappa shape index (κ2) is 6.99. The van der Waals surface area contributed by atoms with Gasteiger partial charge in [0.15, 0.2) is 11.3 Å². The smallest absolute Gasteiger partial charge is 0.276 e. The first-order valence-electron chi connectivity index (χ1n) is 8.68. The van der Waals surface area contributed by atoms with Crippen molar-refractivity contribution in [2.75, 3.05) is 13.1 Å². The molecule has 0 bridgehead atoms. The molecule has 1 saturated heterocycles. The van der Waals surface area contributed by atoms with Gasteiger partial charge in [0.1, 0.15) is 11.2 Å². The molecule has 0 spiro atoms. The molecule has 0 aliphatic carbocycles. The number of aryl methyl sites for hydroxylation is 1. The summed E-state index contributed by atoms with van der Waals surface area (Å²) in [5.74, 6) is -0.540. The molecule has 140 valence electrons. The van der Waals surface area contributed by atoms with E-state index in [9.17, 15) is 9.59 Å². The van der Waals surface area contributed by atoms with E-state index >= 15 is 0 Å². The van der Waals surface area contributed by atoms with Crippen LogP contribution in [0, 0.1) is 0 Å². The van der Waals surface area contributed by atoms with E-state index in [-0.39, 0.29) is 29.2 Å². The Morgan fingerprint density at radius 3 is 3.00 bits per heavy atom. The second-order valence-corrected chi connectivity index (χ2v) is 6.84. The molecule has 0 saturated carbocycles. The summed E-state index contributed by atoms with van der Waals surface area (Å²) in [6.07, 6.45) is 5.71. The van der Waals surface area contributed by atoms with Gasteiger partial charge in [0.25, 0.3) is 11.8 Å². The van der Waals surface area contributed by atoms with Crippen molar-refractivity contribution in [3.63, 3.8) is 0 Å². The Balaban J connectivity index is 1.35. The Kier molecular flexibility index (Phi) is 4.53. The Morgan fingerprint density at radius 2 is 2.22 bits per heavy atom. The van der Waals surface area contributed by atoms with Crippen LogP contribution in [-0.4, -0.2) is 60.6 Å². The molecule has 0 unspecified atom stereocenters. The summed E-state index contributed by atoms with van der Waals surface area (Å²) < 4.78 is 1.67. The van der Waals surface area contributed by atoms with Gasteiger partial charge in [-0.2, -0.15) is 5.10 Å². The molecule has 1 aliphatic rings. The normalized spacial score (nSPS) is 14.4. The number of aromatic amines is 1. The van der Waals surface area contributed by atoms with E-state index in [0.717, 1.165) is 6.42 Å². The third-order valence-corrected chi connectivity index (χ3v) is 4.65. The van der Waals surface area contributed by atoms with E-state index in [1.807, 2.05) is 6.92 Å². The van der Waals surface area contributed by atoms with Gasteiger partial charge in [-0.25, -0.2) is 9.97 Å². The van der Waals surface area contributed by atoms with Gasteiger partial charge in [0, 0.05) is 32.0 Å². The minimum absolute atomic E-state index is 0.137. The summed E-state index contributed by atoms with van der Waals surface area (Å²) in [4.78, 5) is 37.8. The van der Waals surface area contributed by atoms with Crippen LogP contribution in [0.3, 0.4) is 0 Å². The number of carbonyl (C=O) groups excluding carboxylic acids is 2. The van der Waals surface area contributed by atoms with Crippen LogP contribution in [0.5, 0.6) is 0 Å². The lowest BCUT2D eigenvalue weighted by atomic mass is 10.1. The number of hydrogen-bond donors (Lipinski definition) is 2. The van der Waals surface area contributed by atoms with Gasteiger partial charge in [-0.05, 0) is 12.5 Å². The van der Waals surface area contributed by atoms with Crippen molar-refractivity contribution in [1.82, 2.24) is 34.9 Å². The average molecular weight is 388 g/mol. The van der Waals surface area contributed by atoms with Crippen LogP contribution in [0.4, 0.5) is 0 Å². The molecule has 2 amide bonds. The molecule has 3 aromatic rings. The number of amides is 2. The van der Waals surface area contributed by atoms with Gasteiger partial charge in [-0.3, -0.25) is 14.3 Å². The highest BCUT2D eigenvalue weighted by Crippen LogP contribution is 2.20. The number of aromatic nitrogens is 5. The number of fused-ring (bicyclic) bond motifs is 1. The van der Waals surface area contributed by atoms with Gasteiger partial charge in [0.05, 0.1) is 17.3 Å². The van der Waals surface area contributed by atoms with Gasteiger partial charge < -0.3 is 15.2 Å². The fourth-order valence-corrected chi connectivity index (χ4v) is 3.20. The molecule has 0 aromatic carbocycles. The summed E-state index contributed by atoms with van der Waals surface area (Å²) in [6.45, 7) is 3.54. The molecule has 4 heterocycles. The first-order valence-corrected chi connectivity index (χ1v) is 9.06. The molecule has 27 heavy (non-hydrogen) atoms. The lowest BCUT2D eigenvalue weighted by Crippen LogP contribution is -2.61. The number of nitrogens with one attached hydrogen (secondary N) is 2. The fraction of sp³-hybridized carbons (Fsp3) is 0.353. The van der Waals surface area contributed by atoms with Crippen molar-refractivity contribution in [3.05, 3.63) is 41.1 Å². The number of halogens is 1. The molecule has 0 radical (unpaired) electrons. The summed E-state index contributed by atoms with van der Waals surface area (Å²) in [7, 11) is 0. The van der Waals surface area contributed by atoms with Crippen LogP contribution in [0.15, 0.2) is 24.7 Å². The van der Waals surface area contributed by atoms with Crippen LogP contribution in [-0.2, 0) is 6.54 Å². The molecule has 3 aromatic heterocycles. The predicted molar refractivity (Wildman–Crippen MR) is 98.6 cm³/mol. The molecule has 1 aliphatic heterocycles. The van der Waals surface area contributed by atoms with Gasteiger partial charge in [-0.1, -0.05) is 18.5 Å². The van der Waals surface area contributed by atoms with Gasteiger partial charge in [0.2, 0.25) is 0 Å². The highest BCUT2D eigenvalue weighted by Gasteiger charge is 2.34. The first kappa shape index (κ1) is 17.5. The maximum absolute atomic E-state index is 12.5. The predicted octanol–water partition coefficient (Wildman–Crippen LogP) is 1.47. The number of carbonyl (C=O) groups is 2. The quantitative estimate of drug-likeness (QED) is 0.689. The van der Waals surface area contributed by atoms with Crippen molar-refractivity contribution >= 4 is 34.6 Å². The summed E-state index contributed by atoms with van der Waals surface area (Å²) >= 11 is 6.12. The Hall–Kier alpha value is -2.94. The maximum atomic E-state index is 12.5. The summed E-state index contributed by atoms with van der Waals surface area (Å²) in [5.41, 5.74) is 1.75. The average Bonchev–Trinajstić information content (AvgIpc) is 3.23. The van der Waals surface area contributed by atoms with Crippen LogP contribution in [0.25, 0.3) is 11.2 Å². The zero-order valence-electron chi connectivity index (χ0n) is 14.6. The monoisotopic (exact) mass is 387 g/mol. The minimum Gasteiger partial charge on any atom is -0.345 e. The number of H-pyrrole nitrogens is 1. The van der Waals surface area contributed by atoms with Crippen LogP contribution in [0.1, 0.15) is 34.3 Å². The zero-order valence-corrected chi connectivity index (χ0v) is 15.4. The molecular weight excluding hydrogens is 370 g/mol. The highest BCUT2D eigenvalue weighted by molar-refractivity contribution is 6.33. The first-order chi connectivity index (χ1) is 13.0. The third kappa shape index (κ3) is 3.37. The van der Waals surface area contributed by atoms with E-state index in [2.05, 4.69) is 25.4 Å². The molecule has 2 N–H and O–H groups in total. The number of hydrogen-bond acceptors (Lipinski definition) is 5. The number of nitrogens with zero attached hydrogens (tertiary/aromatic N) is 5. The molecule has 0 atom stereocenters. The van der Waals surface area contributed by atoms with Crippen molar-refractivity contribution in [3.8, 4) is 0 Å². The summed E-state index contributed by atoms with van der Waals surface area (Å²) in [5, 5.41) is 7.45. The maximum Gasteiger partial charge on any atom is 0.276 e. The van der Waals surface area contributed by atoms with Crippen LogP contribution >= 0.6 is 11.6 Å². The van der Waals surface area contributed by atoms with E-state index in [0.29, 0.717) is 35.8 Å². The molecular formula is C17H18ClN7O2. The second-order valence-electron chi connectivity index (χ2n) is 6.44. The van der Waals surface area contributed by atoms with E-state index < -0.39 is 0 Å². The Labute approximate surface area is 159 Å². The van der Waals surface area contributed by atoms with E-state index in [1.54, 1.807) is 28.0 Å². The number of rotatable bonds is 5. The SMILES string of the molecule is CCCn1cc(Cl)c(C(=O)N2CC(NC(=O)c3cnc4[nH]ccc4n3)C2)n1. The topological polar surface area (TPSA) is 109 Å². The fourth-order valence-electron chi connectivity index (χ4n) is 2.97. The molecule has 1 fully saturated rings. The van der Waals surface area contributed by atoms with Crippen LogP contribution < -0.4 is 5.32 Å². The third-order valence-electron chi connectivity index (χ3n) is 4.37. The summed E-state index contributed by atoms with van der Waals surface area (Å²) in [6, 6.07) is 1.62. The van der Waals surface area contributed by atoms with Crippen molar-refractivity contribution in [1.29, 1.82) is 0 Å². The van der Waals surface area contributed by atoms with Gasteiger partial charge in [-0.15, -0.1) is 0 Å². The van der Waals surface area contributed by atoms with Crippen molar-refractivity contribution in [2.24, 2.45) is 0 Å². The molecule has 4 rings (SSSR count). The zero-order chi connectivity index (χ0) is 19.0. The molecule has 9 nitrogen and oxygen atoms in total. The van der Waals surface area contributed by atoms with Gasteiger partial charge >= 0.3 is 0 Å². The van der Waals surface area contributed by atoms with Crippen molar-refractivity contribution < 1.29 is 9.59 Å². The lowest BCUT2D eigenvalue weighted by Gasteiger charge is -2.39. The van der Waals surface area contributed by atoms with E-state index in [4.69, 9.17) is 11.6 Å². The Bertz CT molecular complexity index is 1010. The minimum atomic E-state index is -0.312. The molecule has 10 heteroatoms. The van der Waals surface area contributed by atoms with Crippen molar-refractivity contribution in [2.45, 2.75) is 25.9 Å². The largest absolute Gasteiger partial charge is 0.345 e.